The average molecular weight is 473 g/mol. The molecule has 2 heterocycles. The lowest BCUT2D eigenvalue weighted by atomic mass is 10.0. The molecule has 8 aromatic rings. The Bertz CT molecular complexity index is 2140. The first-order valence-corrected chi connectivity index (χ1v) is 12.8. The molecule has 0 aliphatic rings. The third-order valence-electron chi connectivity index (χ3n) is 7.91. The molecule has 37 heavy (non-hydrogen) atoms. The maximum absolute atomic E-state index is 2.42. The van der Waals surface area contributed by atoms with Crippen molar-refractivity contribution in [3.05, 3.63) is 127 Å². The number of rotatable bonds is 2. The van der Waals surface area contributed by atoms with Crippen LogP contribution in [0.15, 0.2) is 127 Å². The quantitative estimate of drug-likeness (QED) is 0.237. The molecule has 2 heteroatoms. The second-order valence-electron chi connectivity index (χ2n) is 9.89. The monoisotopic (exact) mass is 472 g/mol. The van der Waals surface area contributed by atoms with Crippen LogP contribution in [0.3, 0.4) is 0 Å². The highest BCUT2D eigenvalue weighted by Gasteiger charge is 2.16. The van der Waals surface area contributed by atoms with Gasteiger partial charge < -0.3 is 9.13 Å². The minimum atomic E-state index is 1.18. The first-order valence-electron chi connectivity index (χ1n) is 12.8. The minimum absolute atomic E-state index is 1.18. The lowest BCUT2D eigenvalue weighted by Gasteiger charge is -2.10. The highest BCUT2D eigenvalue weighted by atomic mass is 15.0. The predicted molar refractivity (Wildman–Crippen MR) is 158 cm³/mol. The van der Waals surface area contributed by atoms with E-state index in [1.807, 2.05) is 0 Å². The molecule has 8 rings (SSSR count). The van der Waals surface area contributed by atoms with Crippen molar-refractivity contribution >= 4 is 54.4 Å². The van der Waals surface area contributed by atoms with Gasteiger partial charge >= 0.3 is 0 Å². The van der Waals surface area contributed by atoms with Crippen LogP contribution >= 0.6 is 0 Å². The molecule has 0 aliphatic carbocycles. The number of para-hydroxylation sites is 2. The van der Waals surface area contributed by atoms with Gasteiger partial charge in [0.15, 0.2) is 0 Å². The van der Waals surface area contributed by atoms with Crippen molar-refractivity contribution in [1.82, 2.24) is 9.13 Å². The zero-order chi connectivity index (χ0) is 24.5. The van der Waals surface area contributed by atoms with Crippen molar-refractivity contribution in [2.45, 2.75) is 0 Å². The van der Waals surface area contributed by atoms with Crippen LogP contribution in [-0.4, -0.2) is 9.13 Å². The van der Waals surface area contributed by atoms with Gasteiger partial charge in [0.1, 0.15) is 0 Å². The number of hydrogen-bond donors (Lipinski definition) is 0. The largest absolute Gasteiger partial charge is 0.344 e. The first-order chi connectivity index (χ1) is 18.3. The molecule has 0 spiro atoms. The highest BCUT2D eigenvalue weighted by molar-refractivity contribution is 6.19. The van der Waals surface area contributed by atoms with Gasteiger partial charge in [0.2, 0.25) is 0 Å². The number of fused-ring (bicyclic) bond motifs is 8. The van der Waals surface area contributed by atoms with Crippen molar-refractivity contribution in [1.29, 1.82) is 0 Å². The molecule has 0 fully saturated rings. The highest BCUT2D eigenvalue weighted by Crippen LogP contribution is 2.39. The predicted octanol–water partition coefficient (Wildman–Crippen LogP) is 9.25. The molecule has 2 nitrogen and oxygen atoms in total. The second-order valence-corrected chi connectivity index (χ2v) is 9.89. The zero-order valence-corrected chi connectivity index (χ0v) is 20.5. The Labute approximate surface area is 214 Å². The molecule has 0 amide bonds. The van der Waals surface area contributed by atoms with E-state index in [1.54, 1.807) is 0 Å². The summed E-state index contributed by atoms with van der Waals surface area (Å²) in [5.74, 6) is 0. The molecule has 0 saturated carbocycles. The lowest BCUT2D eigenvalue weighted by Crippen LogP contribution is -1.94. The summed E-state index contributed by atoms with van der Waals surface area (Å²) in [5, 5.41) is 7.70. The van der Waals surface area contributed by atoms with Crippen LogP contribution in [0, 0.1) is 0 Å². The Morgan fingerprint density at radius 1 is 0.432 bits per heavy atom. The fourth-order valence-corrected chi connectivity index (χ4v) is 6.15. The molecule has 174 valence electrons. The van der Waals surface area contributed by atoms with Crippen LogP contribution in [0.2, 0.25) is 0 Å². The van der Waals surface area contributed by atoms with E-state index in [0.717, 1.165) is 0 Å². The van der Waals surface area contributed by atoms with Gasteiger partial charge in [-0.05, 0) is 52.9 Å². The third kappa shape index (κ3) is 2.87. The van der Waals surface area contributed by atoms with Crippen molar-refractivity contribution in [2.24, 2.45) is 7.05 Å². The fourth-order valence-electron chi connectivity index (χ4n) is 6.15. The molecule has 0 bridgehead atoms. The Hall–Kier alpha value is -4.82. The van der Waals surface area contributed by atoms with E-state index in [1.165, 1.54) is 71.2 Å². The van der Waals surface area contributed by atoms with E-state index in [4.69, 9.17) is 0 Å². The summed E-state index contributed by atoms with van der Waals surface area (Å²) >= 11 is 0. The summed E-state index contributed by atoms with van der Waals surface area (Å²) in [4.78, 5) is 0. The third-order valence-corrected chi connectivity index (χ3v) is 7.91. The molecule has 2 aromatic heterocycles. The second kappa shape index (κ2) is 7.59. The molecule has 0 aliphatic heterocycles. The van der Waals surface area contributed by atoms with Crippen molar-refractivity contribution < 1.29 is 0 Å². The van der Waals surface area contributed by atoms with Crippen molar-refractivity contribution in [3.63, 3.8) is 0 Å². The molecule has 0 radical (unpaired) electrons. The summed E-state index contributed by atoms with van der Waals surface area (Å²) in [6.07, 6.45) is 0. The van der Waals surface area contributed by atoms with Gasteiger partial charge in [-0.15, -0.1) is 0 Å². The van der Waals surface area contributed by atoms with Crippen LogP contribution in [-0.2, 0) is 7.05 Å². The van der Waals surface area contributed by atoms with E-state index in [-0.39, 0.29) is 0 Å². The Balaban J connectivity index is 1.43. The summed E-state index contributed by atoms with van der Waals surface area (Å²) in [6.45, 7) is 0. The van der Waals surface area contributed by atoms with Gasteiger partial charge in [-0.2, -0.15) is 0 Å². The molecule has 0 N–H and O–H groups in total. The van der Waals surface area contributed by atoms with Crippen molar-refractivity contribution in [3.8, 4) is 16.8 Å². The van der Waals surface area contributed by atoms with Crippen molar-refractivity contribution in [2.75, 3.05) is 0 Å². The molecule has 0 saturated heterocycles. The summed E-state index contributed by atoms with van der Waals surface area (Å²) < 4.78 is 4.73. The van der Waals surface area contributed by atoms with Gasteiger partial charge in [-0.25, -0.2) is 0 Å². The molecule has 6 aromatic carbocycles. The SMILES string of the molecule is Cn1c2ccccc2c2ccc(-c3ccc4c(c3)c3ccc5ccccc5c3n4-c3ccccc3)cc21. The molecular formula is C35H24N2. The minimum Gasteiger partial charge on any atom is -0.344 e. The van der Waals surface area contributed by atoms with Crippen LogP contribution in [0.4, 0.5) is 0 Å². The van der Waals surface area contributed by atoms with Crippen LogP contribution in [0.1, 0.15) is 0 Å². The molecule has 0 atom stereocenters. The average Bonchev–Trinajstić information content (AvgIpc) is 3.45. The maximum Gasteiger partial charge on any atom is 0.0619 e. The molecule has 0 unspecified atom stereocenters. The van der Waals surface area contributed by atoms with Crippen LogP contribution < -0.4 is 0 Å². The summed E-state index contributed by atoms with van der Waals surface area (Å²) in [5.41, 5.74) is 8.68. The fraction of sp³-hybridized carbons (Fsp3) is 0.0286. The number of hydrogen-bond acceptors (Lipinski definition) is 0. The number of benzene rings is 6. The van der Waals surface area contributed by atoms with Gasteiger partial charge in [0.25, 0.3) is 0 Å². The normalized spacial score (nSPS) is 11.9. The van der Waals surface area contributed by atoms with E-state index < -0.39 is 0 Å². The van der Waals surface area contributed by atoms with Gasteiger partial charge in [0.05, 0.1) is 11.0 Å². The van der Waals surface area contributed by atoms with Gasteiger partial charge in [-0.3, -0.25) is 0 Å². The standard InChI is InChI=1S/C35H24N2/c1-36-32-14-8-7-13-28(32)29-18-16-25(22-34(29)36)24-17-20-33-31(21-24)30-19-15-23-9-5-6-12-27(23)35(30)37(33)26-10-3-2-4-11-26/h2-22H,1H3. The summed E-state index contributed by atoms with van der Waals surface area (Å²) in [6, 6.07) is 46.4. The zero-order valence-electron chi connectivity index (χ0n) is 20.5. The number of nitrogens with zero attached hydrogens (tertiary/aromatic N) is 2. The number of aromatic nitrogens is 2. The number of aryl methyl sites for hydroxylation is 1. The van der Waals surface area contributed by atoms with E-state index >= 15 is 0 Å². The van der Waals surface area contributed by atoms with Crippen LogP contribution in [0.5, 0.6) is 0 Å². The topological polar surface area (TPSA) is 9.86 Å². The molecular weight excluding hydrogens is 448 g/mol. The lowest BCUT2D eigenvalue weighted by molar-refractivity contribution is 1.01. The smallest absolute Gasteiger partial charge is 0.0619 e. The first kappa shape index (κ1) is 20.4. The van der Waals surface area contributed by atoms with Crippen LogP contribution in [0.25, 0.3) is 71.2 Å². The Morgan fingerprint density at radius 2 is 1.11 bits per heavy atom. The summed E-state index contributed by atoms with van der Waals surface area (Å²) in [7, 11) is 2.16. The van der Waals surface area contributed by atoms with E-state index in [2.05, 4.69) is 144 Å². The van der Waals surface area contributed by atoms with Gasteiger partial charge in [0, 0.05) is 50.7 Å². The van der Waals surface area contributed by atoms with E-state index in [9.17, 15) is 0 Å². The Kier molecular flexibility index (Phi) is 4.18. The Morgan fingerprint density at radius 3 is 2.00 bits per heavy atom. The maximum atomic E-state index is 2.42. The van der Waals surface area contributed by atoms with E-state index in [0.29, 0.717) is 0 Å². The van der Waals surface area contributed by atoms with Gasteiger partial charge in [-0.1, -0.05) is 91.0 Å².